The zero-order chi connectivity index (χ0) is 21.3. The Morgan fingerprint density at radius 1 is 1.13 bits per heavy atom. The van der Waals surface area contributed by atoms with E-state index in [-0.39, 0.29) is 12.5 Å². The lowest BCUT2D eigenvalue weighted by atomic mass is 10.0. The van der Waals surface area contributed by atoms with Crippen molar-refractivity contribution in [3.05, 3.63) is 59.4 Å². The van der Waals surface area contributed by atoms with E-state index in [1.165, 1.54) is 11.3 Å². The monoisotopic (exact) mass is 421 g/mol. The summed E-state index contributed by atoms with van der Waals surface area (Å²) in [7, 11) is 0. The number of hydrogen-bond donors (Lipinski definition) is 1. The molecule has 0 aliphatic rings. The molecule has 0 saturated heterocycles. The zero-order valence-electron chi connectivity index (χ0n) is 17.3. The summed E-state index contributed by atoms with van der Waals surface area (Å²) in [5.41, 5.74) is 3.87. The maximum atomic E-state index is 12.4. The van der Waals surface area contributed by atoms with Gasteiger partial charge in [0.05, 0.1) is 0 Å². The van der Waals surface area contributed by atoms with Gasteiger partial charge in [-0.15, -0.1) is 10.2 Å². The number of anilines is 1. The number of benzene rings is 2. The molecule has 4 rings (SSSR count). The molecule has 2 aromatic heterocycles. The predicted octanol–water partition coefficient (Wildman–Crippen LogP) is 4.61. The SMILES string of the molecule is Cc1ccc(C(C)C)c(OCC(=O)Nc2ccc(-c3nn4c(C)nnc4s3)cc2)c1. The number of carbonyl (C=O) groups is 1. The van der Waals surface area contributed by atoms with Crippen LogP contribution in [0.4, 0.5) is 5.69 Å². The van der Waals surface area contributed by atoms with E-state index in [1.807, 2.05) is 44.2 Å². The van der Waals surface area contributed by atoms with Crippen LogP contribution in [0.1, 0.15) is 36.7 Å². The lowest BCUT2D eigenvalue weighted by Gasteiger charge is -2.15. The van der Waals surface area contributed by atoms with Crippen molar-refractivity contribution in [2.24, 2.45) is 0 Å². The van der Waals surface area contributed by atoms with Crippen molar-refractivity contribution >= 4 is 27.9 Å². The third kappa shape index (κ3) is 4.18. The zero-order valence-corrected chi connectivity index (χ0v) is 18.2. The highest BCUT2D eigenvalue weighted by Gasteiger charge is 2.12. The van der Waals surface area contributed by atoms with Crippen LogP contribution >= 0.6 is 11.3 Å². The molecule has 0 unspecified atom stereocenters. The minimum Gasteiger partial charge on any atom is -0.483 e. The van der Waals surface area contributed by atoms with Gasteiger partial charge in [0.1, 0.15) is 10.8 Å². The number of aromatic nitrogens is 4. The van der Waals surface area contributed by atoms with E-state index in [0.29, 0.717) is 11.6 Å². The molecule has 8 heteroatoms. The lowest BCUT2D eigenvalue weighted by molar-refractivity contribution is -0.118. The maximum absolute atomic E-state index is 12.4. The summed E-state index contributed by atoms with van der Waals surface area (Å²) in [6, 6.07) is 13.6. The Kier molecular flexibility index (Phi) is 5.50. The summed E-state index contributed by atoms with van der Waals surface area (Å²) in [5, 5.41) is 16.3. The highest BCUT2D eigenvalue weighted by Crippen LogP contribution is 2.28. The molecule has 0 aliphatic carbocycles. The lowest BCUT2D eigenvalue weighted by Crippen LogP contribution is -2.20. The van der Waals surface area contributed by atoms with Crippen molar-refractivity contribution in [1.82, 2.24) is 19.8 Å². The molecule has 0 bridgehead atoms. The molecule has 0 saturated carbocycles. The molecule has 2 aromatic carbocycles. The summed E-state index contributed by atoms with van der Waals surface area (Å²) in [6.45, 7) is 8.05. The van der Waals surface area contributed by atoms with Crippen molar-refractivity contribution in [3.63, 3.8) is 0 Å². The predicted molar refractivity (Wildman–Crippen MR) is 118 cm³/mol. The summed E-state index contributed by atoms with van der Waals surface area (Å²) < 4.78 is 7.53. The van der Waals surface area contributed by atoms with Gasteiger partial charge in [-0.1, -0.05) is 37.3 Å². The first-order valence-electron chi connectivity index (χ1n) is 9.73. The van der Waals surface area contributed by atoms with Gasteiger partial charge in [-0.3, -0.25) is 4.79 Å². The molecule has 1 N–H and O–H groups in total. The number of fused-ring (bicyclic) bond motifs is 1. The second kappa shape index (κ2) is 8.23. The van der Waals surface area contributed by atoms with Crippen LogP contribution in [0.15, 0.2) is 42.5 Å². The van der Waals surface area contributed by atoms with Gasteiger partial charge in [-0.25, -0.2) is 0 Å². The highest BCUT2D eigenvalue weighted by atomic mass is 32.1. The molecule has 0 fully saturated rings. The highest BCUT2D eigenvalue weighted by molar-refractivity contribution is 7.19. The smallest absolute Gasteiger partial charge is 0.262 e. The number of aryl methyl sites for hydroxylation is 2. The number of amides is 1. The Morgan fingerprint density at radius 3 is 2.60 bits per heavy atom. The van der Waals surface area contributed by atoms with Crippen LogP contribution in [0, 0.1) is 13.8 Å². The number of hydrogen-bond acceptors (Lipinski definition) is 6. The van der Waals surface area contributed by atoms with Gasteiger partial charge in [0.25, 0.3) is 5.91 Å². The van der Waals surface area contributed by atoms with Crippen LogP contribution in [0.5, 0.6) is 5.75 Å². The summed E-state index contributed by atoms with van der Waals surface area (Å²) in [5.74, 6) is 1.64. The van der Waals surface area contributed by atoms with E-state index in [2.05, 4.69) is 46.6 Å². The Bertz CT molecular complexity index is 1190. The number of nitrogens with one attached hydrogen (secondary N) is 1. The first-order valence-corrected chi connectivity index (χ1v) is 10.5. The average molecular weight is 422 g/mol. The van der Waals surface area contributed by atoms with Gasteiger partial charge < -0.3 is 10.1 Å². The van der Waals surface area contributed by atoms with E-state index in [0.717, 1.165) is 38.2 Å². The van der Waals surface area contributed by atoms with E-state index in [1.54, 1.807) is 4.52 Å². The quantitative estimate of drug-likeness (QED) is 0.492. The van der Waals surface area contributed by atoms with Crippen molar-refractivity contribution in [2.75, 3.05) is 11.9 Å². The molecule has 154 valence electrons. The fourth-order valence-corrected chi connectivity index (χ4v) is 4.00. The minimum atomic E-state index is -0.201. The summed E-state index contributed by atoms with van der Waals surface area (Å²) in [4.78, 5) is 13.1. The number of carbonyl (C=O) groups excluding carboxylic acids is 1. The molecule has 0 spiro atoms. The van der Waals surface area contributed by atoms with Gasteiger partial charge >= 0.3 is 0 Å². The fraction of sp³-hybridized carbons (Fsp3) is 0.273. The molecule has 4 aromatic rings. The largest absolute Gasteiger partial charge is 0.483 e. The van der Waals surface area contributed by atoms with Crippen molar-refractivity contribution < 1.29 is 9.53 Å². The Balaban J connectivity index is 1.40. The van der Waals surface area contributed by atoms with Crippen molar-refractivity contribution in [1.29, 1.82) is 0 Å². The summed E-state index contributed by atoms with van der Waals surface area (Å²) >= 11 is 1.47. The number of ether oxygens (including phenoxy) is 1. The molecule has 30 heavy (non-hydrogen) atoms. The van der Waals surface area contributed by atoms with Crippen molar-refractivity contribution in [2.45, 2.75) is 33.6 Å². The molecular formula is C22H23N5O2S. The van der Waals surface area contributed by atoms with Gasteiger partial charge in [-0.2, -0.15) is 9.61 Å². The minimum absolute atomic E-state index is 0.0408. The summed E-state index contributed by atoms with van der Waals surface area (Å²) in [6.07, 6.45) is 0. The van der Waals surface area contributed by atoms with Crippen LogP contribution in [0.25, 0.3) is 15.5 Å². The Hall–Kier alpha value is -3.26. The third-order valence-corrected chi connectivity index (χ3v) is 5.66. The molecule has 2 heterocycles. The van der Waals surface area contributed by atoms with E-state index in [9.17, 15) is 4.79 Å². The van der Waals surface area contributed by atoms with Crippen LogP contribution in [0.2, 0.25) is 0 Å². The van der Waals surface area contributed by atoms with Crippen LogP contribution in [-0.2, 0) is 4.79 Å². The van der Waals surface area contributed by atoms with E-state index in [4.69, 9.17) is 4.74 Å². The average Bonchev–Trinajstić information content (AvgIpc) is 3.29. The molecule has 1 amide bonds. The molecule has 0 radical (unpaired) electrons. The number of nitrogens with zero attached hydrogens (tertiary/aromatic N) is 4. The molecule has 0 aliphatic heterocycles. The standard InChI is InChI=1S/C22H23N5O2S/c1-13(2)18-10-5-14(3)11-19(18)29-12-20(28)23-17-8-6-16(7-9-17)21-26-27-15(4)24-25-22(27)30-21/h5-11,13H,12H2,1-4H3,(H,23,28). The van der Waals surface area contributed by atoms with Crippen molar-refractivity contribution in [3.8, 4) is 16.3 Å². The number of rotatable bonds is 6. The van der Waals surface area contributed by atoms with Gasteiger partial charge in [0, 0.05) is 11.3 Å². The fourth-order valence-electron chi connectivity index (χ4n) is 3.11. The maximum Gasteiger partial charge on any atom is 0.262 e. The third-order valence-electron chi connectivity index (χ3n) is 4.71. The molecule has 7 nitrogen and oxygen atoms in total. The normalized spacial score (nSPS) is 11.2. The van der Waals surface area contributed by atoms with E-state index >= 15 is 0 Å². The molecular weight excluding hydrogens is 398 g/mol. The van der Waals surface area contributed by atoms with Crippen LogP contribution < -0.4 is 10.1 Å². The van der Waals surface area contributed by atoms with Crippen LogP contribution in [0.3, 0.4) is 0 Å². The van der Waals surface area contributed by atoms with Gasteiger partial charge in [0.2, 0.25) is 4.96 Å². The second-order valence-electron chi connectivity index (χ2n) is 7.46. The molecule has 0 atom stereocenters. The first kappa shape index (κ1) is 20.0. The van der Waals surface area contributed by atoms with Gasteiger partial charge in [0.15, 0.2) is 12.4 Å². The first-order chi connectivity index (χ1) is 14.4. The van der Waals surface area contributed by atoms with Gasteiger partial charge in [-0.05, 0) is 61.2 Å². The Labute approximate surface area is 178 Å². The second-order valence-corrected chi connectivity index (χ2v) is 8.41. The topological polar surface area (TPSA) is 81.4 Å². The Morgan fingerprint density at radius 2 is 1.90 bits per heavy atom. The van der Waals surface area contributed by atoms with E-state index < -0.39 is 0 Å². The van der Waals surface area contributed by atoms with Crippen LogP contribution in [-0.4, -0.2) is 32.3 Å².